The Morgan fingerprint density at radius 2 is 1.85 bits per heavy atom. The Hall–Kier alpha value is -2.42. The summed E-state index contributed by atoms with van der Waals surface area (Å²) in [6.07, 6.45) is 1.64. The lowest BCUT2D eigenvalue weighted by atomic mass is 10.0. The summed E-state index contributed by atoms with van der Waals surface area (Å²) < 4.78 is 0. The van der Waals surface area contributed by atoms with Crippen molar-refractivity contribution in [1.29, 1.82) is 0 Å². The second-order valence-electron chi connectivity index (χ2n) is 4.85. The summed E-state index contributed by atoms with van der Waals surface area (Å²) in [7, 11) is 0. The van der Waals surface area contributed by atoms with Crippen LogP contribution in [0.15, 0.2) is 53.3 Å². The molecule has 2 aromatic carbocycles. The minimum Gasteiger partial charge on any atom is -0.309 e. The summed E-state index contributed by atoms with van der Waals surface area (Å²) in [5, 5.41) is 1.08. The van der Waals surface area contributed by atoms with Crippen molar-refractivity contribution >= 4 is 10.9 Å². The smallest absolute Gasteiger partial charge is 0.309 e. The Morgan fingerprint density at radius 1 is 1.05 bits per heavy atom. The van der Waals surface area contributed by atoms with E-state index in [4.69, 9.17) is 0 Å². The molecule has 3 rings (SSSR count). The zero-order valence-corrected chi connectivity index (χ0v) is 11.4. The predicted octanol–water partition coefficient (Wildman–Crippen LogP) is 3.08. The lowest BCUT2D eigenvalue weighted by Crippen LogP contribution is -2.14. The predicted molar refractivity (Wildman–Crippen MR) is 81.0 cm³/mol. The van der Waals surface area contributed by atoms with Crippen LogP contribution in [0, 0.1) is 0 Å². The van der Waals surface area contributed by atoms with Crippen molar-refractivity contribution in [3.05, 3.63) is 75.8 Å². The van der Waals surface area contributed by atoms with Gasteiger partial charge in [0.15, 0.2) is 0 Å². The summed E-state index contributed by atoms with van der Waals surface area (Å²) in [6.45, 7) is 2.12. The van der Waals surface area contributed by atoms with E-state index in [2.05, 4.69) is 35.1 Å². The number of fused-ring (bicyclic) bond motifs is 1. The molecule has 0 saturated heterocycles. The summed E-state index contributed by atoms with van der Waals surface area (Å²) in [5.74, 6) is 0. The zero-order valence-electron chi connectivity index (χ0n) is 11.4. The molecule has 0 unspecified atom stereocenters. The lowest BCUT2D eigenvalue weighted by molar-refractivity contribution is 1.00. The highest BCUT2D eigenvalue weighted by atomic mass is 16.1. The number of aryl methyl sites for hydroxylation is 1. The van der Waals surface area contributed by atoms with E-state index in [-0.39, 0.29) is 5.69 Å². The number of hydrogen-bond acceptors (Lipinski definition) is 2. The summed E-state index contributed by atoms with van der Waals surface area (Å²) in [4.78, 5) is 18.7. The van der Waals surface area contributed by atoms with Crippen LogP contribution in [0.3, 0.4) is 0 Å². The van der Waals surface area contributed by atoms with Gasteiger partial charge in [0.05, 0.1) is 5.52 Å². The van der Waals surface area contributed by atoms with Gasteiger partial charge in [0.2, 0.25) is 0 Å². The van der Waals surface area contributed by atoms with Crippen molar-refractivity contribution in [3.63, 3.8) is 0 Å². The fourth-order valence-electron chi connectivity index (χ4n) is 2.58. The molecule has 0 radical (unpaired) electrons. The van der Waals surface area contributed by atoms with Crippen molar-refractivity contribution in [2.75, 3.05) is 0 Å². The van der Waals surface area contributed by atoms with Crippen LogP contribution in [0.25, 0.3) is 10.9 Å². The first-order valence-electron chi connectivity index (χ1n) is 6.82. The molecule has 1 aromatic heterocycles. The van der Waals surface area contributed by atoms with Gasteiger partial charge in [-0.3, -0.25) is 0 Å². The number of benzene rings is 2. The fourth-order valence-corrected chi connectivity index (χ4v) is 2.58. The quantitative estimate of drug-likeness (QED) is 0.790. The van der Waals surface area contributed by atoms with Crippen LogP contribution in [0.1, 0.15) is 23.7 Å². The van der Waals surface area contributed by atoms with Gasteiger partial charge in [0, 0.05) is 17.5 Å². The zero-order chi connectivity index (χ0) is 13.9. The maximum atomic E-state index is 11.7. The number of nitrogens with zero attached hydrogens (tertiary/aromatic N) is 1. The average molecular weight is 264 g/mol. The maximum absolute atomic E-state index is 11.7. The Labute approximate surface area is 117 Å². The van der Waals surface area contributed by atoms with Crippen LogP contribution in [0.4, 0.5) is 0 Å². The molecule has 0 fully saturated rings. The van der Waals surface area contributed by atoms with Crippen LogP contribution < -0.4 is 5.69 Å². The van der Waals surface area contributed by atoms with E-state index in [9.17, 15) is 4.79 Å². The Balaban J connectivity index is 2.21. The van der Waals surface area contributed by atoms with Crippen LogP contribution >= 0.6 is 0 Å². The molecule has 0 aliphatic heterocycles. The number of aromatic nitrogens is 2. The van der Waals surface area contributed by atoms with Crippen molar-refractivity contribution in [3.8, 4) is 0 Å². The first-order valence-corrected chi connectivity index (χ1v) is 6.82. The van der Waals surface area contributed by atoms with Crippen LogP contribution in [0.5, 0.6) is 0 Å². The minimum absolute atomic E-state index is 0.281. The van der Waals surface area contributed by atoms with Gasteiger partial charge in [0.1, 0.15) is 0 Å². The molecule has 100 valence electrons. The molecule has 0 amide bonds. The molecular weight excluding hydrogens is 248 g/mol. The first-order chi connectivity index (χ1) is 9.78. The second-order valence-corrected chi connectivity index (χ2v) is 4.85. The van der Waals surface area contributed by atoms with Gasteiger partial charge >= 0.3 is 5.69 Å². The fraction of sp³-hybridized carbons (Fsp3) is 0.176. The van der Waals surface area contributed by atoms with Gasteiger partial charge in [-0.25, -0.2) is 4.79 Å². The molecule has 0 aliphatic carbocycles. The van der Waals surface area contributed by atoms with Gasteiger partial charge in [0.25, 0.3) is 0 Å². The Kier molecular flexibility index (Phi) is 3.33. The highest BCUT2D eigenvalue weighted by Gasteiger charge is 2.09. The number of H-pyrrole nitrogens is 1. The first kappa shape index (κ1) is 12.6. The molecule has 0 spiro atoms. The average Bonchev–Trinajstić information content (AvgIpc) is 2.47. The van der Waals surface area contributed by atoms with Gasteiger partial charge in [-0.1, -0.05) is 49.4 Å². The lowest BCUT2D eigenvalue weighted by Gasteiger charge is -2.09. The van der Waals surface area contributed by atoms with Crippen molar-refractivity contribution in [1.82, 2.24) is 9.97 Å². The number of rotatable bonds is 3. The highest BCUT2D eigenvalue weighted by molar-refractivity contribution is 5.84. The second kappa shape index (κ2) is 5.29. The summed E-state index contributed by atoms with van der Waals surface area (Å²) in [5.41, 5.74) is 3.85. The normalized spacial score (nSPS) is 10.8. The minimum atomic E-state index is -0.281. The number of aromatic amines is 1. The van der Waals surface area contributed by atoms with Gasteiger partial charge in [-0.2, -0.15) is 4.98 Å². The maximum Gasteiger partial charge on any atom is 0.345 e. The van der Waals surface area contributed by atoms with Crippen LogP contribution in [-0.4, -0.2) is 9.97 Å². The topological polar surface area (TPSA) is 45.8 Å². The molecule has 0 aliphatic rings. The molecule has 3 heteroatoms. The number of hydrogen-bond donors (Lipinski definition) is 1. The van der Waals surface area contributed by atoms with E-state index in [0.29, 0.717) is 6.42 Å². The molecular formula is C17H16N2O. The summed E-state index contributed by atoms with van der Waals surface area (Å²) in [6, 6.07) is 16.1. The molecule has 0 atom stereocenters. The van der Waals surface area contributed by atoms with E-state index in [1.807, 2.05) is 30.3 Å². The van der Waals surface area contributed by atoms with Gasteiger partial charge in [-0.05, 0) is 23.6 Å². The van der Waals surface area contributed by atoms with Gasteiger partial charge < -0.3 is 4.98 Å². The van der Waals surface area contributed by atoms with Crippen molar-refractivity contribution in [2.24, 2.45) is 0 Å². The standard InChI is InChI=1S/C17H16N2O/c1-2-13-9-6-10-14-16(13)15(19-17(20)18-14)11-12-7-4-3-5-8-12/h3-10H,2,11H2,1H3,(H,18,19,20). The molecule has 20 heavy (non-hydrogen) atoms. The largest absolute Gasteiger partial charge is 0.345 e. The van der Waals surface area contributed by atoms with E-state index in [1.165, 1.54) is 11.1 Å². The van der Waals surface area contributed by atoms with Gasteiger partial charge in [-0.15, -0.1) is 0 Å². The summed E-state index contributed by atoms with van der Waals surface area (Å²) >= 11 is 0. The van der Waals surface area contributed by atoms with E-state index < -0.39 is 0 Å². The molecule has 3 aromatic rings. The van der Waals surface area contributed by atoms with E-state index >= 15 is 0 Å². The SMILES string of the molecule is CCc1cccc2nc(=O)[nH]c(Cc3ccccc3)c12. The van der Waals surface area contributed by atoms with E-state index in [1.54, 1.807) is 0 Å². The van der Waals surface area contributed by atoms with E-state index in [0.717, 1.165) is 23.0 Å². The Morgan fingerprint density at radius 3 is 2.60 bits per heavy atom. The third-order valence-corrected chi connectivity index (χ3v) is 3.51. The van der Waals surface area contributed by atoms with Crippen LogP contribution in [-0.2, 0) is 12.8 Å². The van der Waals surface area contributed by atoms with Crippen LogP contribution in [0.2, 0.25) is 0 Å². The Bertz CT molecular complexity index is 791. The highest BCUT2D eigenvalue weighted by Crippen LogP contribution is 2.21. The molecule has 1 N–H and O–H groups in total. The third kappa shape index (κ3) is 2.35. The molecule has 1 heterocycles. The van der Waals surface area contributed by atoms with Crippen molar-refractivity contribution < 1.29 is 0 Å². The third-order valence-electron chi connectivity index (χ3n) is 3.51. The molecule has 0 saturated carbocycles. The molecule has 3 nitrogen and oxygen atoms in total. The number of nitrogens with one attached hydrogen (secondary N) is 1. The molecule has 0 bridgehead atoms. The van der Waals surface area contributed by atoms with Crippen molar-refractivity contribution in [2.45, 2.75) is 19.8 Å². The monoisotopic (exact) mass is 264 g/mol.